The first-order valence-electron chi connectivity index (χ1n) is 8.67. The molecule has 0 unspecified atom stereocenters. The summed E-state index contributed by atoms with van der Waals surface area (Å²) in [6.45, 7) is 0. The molecule has 0 saturated heterocycles. The molecule has 0 spiro atoms. The van der Waals surface area contributed by atoms with Crippen LogP contribution in [0.2, 0.25) is 0 Å². The van der Waals surface area contributed by atoms with Crippen LogP contribution in [0.15, 0.2) is 59.1 Å². The molecule has 0 atom stereocenters. The van der Waals surface area contributed by atoms with Crippen molar-refractivity contribution in [2.45, 2.75) is 31.7 Å². The topological polar surface area (TPSA) is 42.0 Å². The number of nitrogens with one attached hydrogen (secondary N) is 1. The van der Waals surface area contributed by atoms with Crippen LogP contribution in [0.25, 0.3) is 22.2 Å². The van der Waals surface area contributed by atoms with E-state index in [1.165, 1.54) is 12.8 Å². The summed E-state index contributed by atoms with van der Waals surface area (Å²) in [5.74, 6) is 0.00358. The highest BCUT2D eigenvalue weighted by Crippen LogP contribution is 2.27. The van der Waals surface area contributed by atoms with Crippen LogP contribution in [-0.2, 0) is 0 Å². The van der Waals surface area contributed by atoms with E-state index in [0.29, 0.717) is 11.6 Å². The zero-order valence-electron chi connectivity index (χ0n) is 13.8. The zero-order valence-corrected chi connectivity index (χ0v) is 15.4. The summed E-state index contributed by atoms with van der Waals surface area (Å²) in [6, 6.07) is 18.1. The Balaban J connectivity index is 1.78. The first-order chi connectivity index (χ1) is 12.2. The van der Waals surface area contributed by atoms with Crippen LogP contribution in [0, 0.1) is 0 Å². The van der Waals surface area contributed by atoms with E-state index in [4.69, 9.17) is 4.98 Å². The van der Waals surface area contributed by atoms with Crippen LogP contribution < -0.4 is 5.32 Å². The van der Waals surface area contributed by atoms with Crippen molar-refractivity contribution >= 4 is 32.7 Å². The Kier molecular flexibility index (Phi) is 4.53. The SMILES string of the molecule is O=C(NC1CCCC1)c1cc(-c2ccc(Br)cc2)nc2ccccc12. The normalized spacial score (nSPS) is 14.8. The van der Waals surface area contributed by atoms with E-state index in [9.17, 15) is 4.79 Å². The van der Waals surface area contributed by atoms with Gasteiger partial charge >= 0.3 is 0 Å². The number of carbonyl (C=O) groups excluding carboxylic acids is 1. The molecule has 0 aliphatic heterocycles. The third kappa shape index (κ3) is 3.45. The maximum Gasteiger partial charge on any atom is 0.252 e. The minimum atomic E-state index is 0.00358. The van der Waals surface area contributed by atoms with Crippen LogP contribution in [0.4, 0.5) is 0 Å². The molecule has 0 radical (unpaired) electrons. The highest BCUT2D eigenvalue weighted by atomic mass is 79.9. The first kappa shape index (κ1) is 16.3. The second-order valence-corrected chi connectivity index (χ2v) is 7.45. The lowest BCUT2D eigenvalue weighted by Gasteiger charge is -2.14. The van der Waals surface area contributed by atoms with Gasteiger partial charge in [-0.2, -0.15) is 0 Å². The molecule has 4 rings (SSSR count). The Bertz CT molecular complexity index is 915. The van der Waals surface area contributed by atoms with E-state index in [0.717, 1.165) is 39.5 Å². The predicted molar refractivity (Wildman–Crippen MR) is 105 cm³/mol. The maximum atomic E-state index is 12.9. The van der Waals surface area contributed by atoms with Crippen LogP contribution in [0.1, 0.15) is 36.0 Å². The smallest absolute Gasteiger partial charge is 0.252 e. The molecule has 1 heterocycles. The molecule has 4 heteroatoms. The van der Waals surface area contributed by atoms with Gasteiger partial charge in [0.2, 0.25) is 0 Å². The van der Waals surface area contributed by atoms with Gasteiger partial charge < -0.3 is 5.32 Å². The van der Waals surface area contributed by atoms with Crippen LogP contribution >= 0.6 is 15.9 Å². The van der Waals surface area contributed by atoms with Gasteiger partial charge in [0.25, 0.3) is 5.91 Å². The molecular weight excluding hydrogens is 376 g/mol. The number of hydrogen-bond acceptors (Lipinski definition) is 2. The lowest BCUT2D eigenvalue weighted by atomic mass is 10.0. The van der Waals surface area contributed by atoms with Crippen LogP contribution in [-0.4, -0.2) is 16.9 Å². The molecule has 1 fully saturated rings. The molecule has 1 saturated carbocycles. The number of benzene rings is 2. The number of pyridine rings is 1. The number of fused-ring (bicyclic) bond motifs is 1. The lowest BCUT2D eigenvalue weighted by Crippen LogP contribution is -2.32. The van der Waals surface area contributed by atoms with E-state index in [-0.39, 0.29) is 5.91 Å². The molecule has 1 aromatic heterocycles. The van der Waals surface area contributed by atoms with Crippen molar-refractivity contribution in [3.8, 4) is 11.3 Å². The first-order valence-corrected chi connectivity index (χ1v) is 9.46. The number of para-hydroxylation sites is 1. The zero-order chi connectivity index (χ0) is 17.2. The predicted octanol–water partition coefficient (Wildman–Crippen LogP) is 5.34. The van der Waals surface area contributed by atoms with Gasteiger partial charge in [-0.3, -0.25) is 4.79 Å². The quantitative estimate of drug-likeness (QED) is 0.651. The van der Waals surface area contributed by atoms with Crippen molar-refractivity contribution < 1.29 is 4.79 Å². The molecule has 1 aliphatic carbocycles. The molecule has 1 N–H and O–H groups in total. The van der Waals surface area contributed by atoms with E-state index >= 15 is 0 Å². The Morgan fingerprint density at radius 2 is 1.76 bits per heavy atom. The number of halogens is 1. The Morgan fingerprint density at radius 1 is 1.04 bits per heavy atom. The largest absolute Gasteiger partial charge is 0.349 e. The van der Waals surface area contributed by atoms with Crippen molar-refractivity contribution in [1.82, 2.24) is 10.3 Å². The molecule has 0 bridgehead atoms. The molecule has 2 aromatic carbocycles. The van der Waals surface area contributed by atoms with Gasteiger partial charge in [-0.1, -0.05) is 59.1 Å². The van der Waals surface area contributed by atoms with Crippen LogP contribution in [0.5, 0.6) is 0 Å². The van der Waals surface area contributed by atoms with E-state index in [2.05, 4.69) is 21.2 Å². The third-order valence-electron chi connectivity index (χ3n) is 4.79. The van der Waals surface area contributed by atoms with E-state index < -0.39 is 0 Å². The minimum absolute atomic E-state index is 0.00358. The number of hydrogen-bond donors (Lipinski definition) is 1. The number of aromatic nitrogens is 1. The van der Waals surface area contributed by atoms with Gasteiger partial charge in [0.1, 0.15) is 0 Å². The van der Waals surface area contributed by atoms with Crippen molar-refractivity contribution in [2.24, 2.45) is 0 Å². The van der Waals surface area contributed by atoms with Gasteiger partial charge in [-0.05, 0) is 37.1 Å². The van der Waals surface area contributed by atoms with Crippen molar-refractivity contribution in [1.29, 1.82) is 0 Å². The van der Waals surface area contributed by atoms with Gasteiger partial charge in [-0.25, -0.2) is 4.98 Å². The molecule has 25 heavy (non-hydrogen) atoms. The monoisotopic (exact) mass is 394 g/mol. The summed E-state index contributed by atoms with van der Waals surface area (Å²) in [5.41, 5.74) is 3.38. The number of nitrogens with zero attached hydrogens (tertiary/aromatic N) is 1. The Labute approximate surface area is 155 Å². The average Bonchev–Trinajstić information content (AvgIpc) is 3.14. The second-order valence-electron chi connectivity index (χ2n) is 6.53. The van der Waals surface area contributed by atoms with E-state index in [1.54, 1.807) is 0 Å². The fourth-order valence-electron chi connectivity index (χ4n) is 3.47. The molecule has 126 valence electrons. The van der Waals surface area contributed by atoms with Gasteiger partial charge in [0.15, 0.2) is 0 Å². The van der Waals surface area contributed by atoms with Crippen molar-refractivity contribution in [2.75, 3.05) is 0 Å². The minimum Gasteiger partial charge on any atom is -0.349 e. The molecule has 1 aliphatic rings. The fourth-order valence-corrected chi connectivity index (χ4v) is 3.73. The summed E-state index contributed by atoms with van der Waals surface area (Å²) in [5, 5.41) is 4.10. The summed E-state index contributed by atoms with van der Waals surface area (Å²) in [6.07, 6.45) is 4.56. The summed E-state index contributed by atoms with van der Waals surface area (Å²) in [7, 11) is 0. The van der Waals surface area contributed by atoms with Crippen molar-refractivity contribution in [3.05, 3.63) is 64.6 Å². The number of amides is 1. The molecule has 3 aromatic rings. The van der Waals surface area contributed by atoms with Gasteiger partial charge in [0, 0.05) is 21.5 Å². The van der Waals surface area contributed by atoms with Gasteiger partial charge in [-0.15, -0.1) is 0 Å². The average molecular weight is 395 g/mol. The molecular formula is C21H19BrN2O. The third-order valence-corrected chi connectivity index (χ3v) is 5.32. The second kappa shape index (κ2) is 6.96. The summed E-state index contributed by atoms with van der Waals surface area (Å²) in [4.78, 5) is 17.7. The number of carbonyl (C=O) groups is 1. The molecule has 3 nitrogen and oxygen atoms in total. The Hall–Kier alpha value is -2.20. The Morgan fingerprint density at radius 3 is 2.52 bits per heavy atom. The standard InChI is InChI=1S/C21H19BrN2O/c22-15-11-9-14(10-12-15)20-13-18(17-7-3-4-8-19(17)24-20)21(25)23-16-5-1-2-6-16/h3-4,7-13,16H,1-2,5-6H2,(H,23,25). The highest BCUT2D eigenvalue weighted by molar-refractivity contribution is 9.10. The summed E-state index contributed by atoms with van der Waals surface area (Å²) >= 11 is 3.46. The number of rotatable bonds is 3. The van der Waals surface area contributed by atoms with E-state index in [1.807, 2.05) is 54.6 Å². The lowest BCUT2D eigenvalue weighted by molar-refractivity contribution is 0.0939. The summed E-state index contributed by atoms with van der Waals surface area (Å²) < 4.78 is 1.02. The van der Waals surface area contributed by atoms with Crippen molar-refractivity contribution in [3.63, 3.8) is 0 Å². The fraction of sp³-hybridized carbons (Fsp3) is 0.238. The highest BCUT2D eigenvalue weighted by Gasteiger charge is 2.20. The van der Waals surface area contributed by atoms with Gasteiger partial charge in [0.05, 0.1) is 16.8 Å². The van der Waals surface area contributed by atoms with Crippen LogP contribution in [0.3, 0.4) is 0 Å². The molecule has 1 amide bonds. The maximum absolute atomic E-state index is 12.9.